The van der Waals surface area contributed by atoms with Gasteiger partial charge in [-0.15, -0.1) is 0 Å². The summed E-state index contributed by atoms with van der Waals surface area (Å²) in [6.45, 7) is 6.76. The van der Waals surface area contributed by atoms with Gasteiger partial charge in [0.2, 0.25) is 0 Å². The third-order valence-corrected chi connectivity index (χ3v) is 5.88. The van der Waals surface area contributed by atoms with E-state index in [2.05, 4.69) is 0 Å². The third kappa shape index (κ3) is 7.50. The van der Waals surface area contributed by atoms with Gasteiger partial charge in [-0.25, -0.2) is 9.18 Å². The van der Waals surface area contributed by atoms with E-state index in [0.29, 0.717) is 52.0 Å². The van der Waals surface area contributed by atoms with E-state index in [0.717, 1.165) is 24.8 Å². The Morgan fingerprint density at radius 3 is 2.29 bits per heavy atom. The highest BCUT2D eigenvalue weighted by molar-refractivity contribution is 6.42. The number of ether oxygens (including phenoxy) is 3. The van der Waals surface area contributed by atoms with Crippen LogP contribution in [0.2, 0.25) is 10.0 Å². The van der Waals surface area contributed by atoms with Crippen molar-refractivity contribution in [2.24, 2.45) is 5.73 Å². The molecule has 1 aromatic heterocycles. The minimum Gasteiger partial charge on any atom is -0.490 e. The summed E-state index contributed by atoms with van der Waals surface area (Å²) >= 11 is 12.4. The average Bonchev–Trinajstić information content (AvgIpc) is 3.13. The topological polar surface area (TPSA) is 75.7 Å². The number of unbranched alkanes of at least 4 members (excludes halogenated alkanes) is 2. The average molecular weight is 525 g/mol. The summed E-state index contributed by atoms with van der Waals surface area (Å²) < 4.78 is 32.7. The number of carbonyl (C=O) groups excluding carboxylic acids is 1. The lowest BCUT2D eigenvalue weighted by molar-refractivity contribution is 0.0544. The number of hydrogen-bond acceptors (Lipinski definition) is 5. The first-order valence-electron chi connectivity index (χ1n) is 11.6. The van der Waals surface area contributed by atoms with Gasteiger partial charge in [-0.1, -0.05) is 23.2 Å². The molecule has 2 N–H and O–H groups in total. The van der Waals surface area contributed by atoms with Crippen molar-refractivity contribution in [1.29, 1.82) is 0 Å². The molecule has 3 aromatic rings. The highest BCUT2D eigenvalue weighted by Crippen LogP contribution is 2.36. The van der Waals surface area contributed by atoms with Crippen molar-refractivity contribution in [3.8, 4) is 11.5 Å². The monoisotopic (exact) mass is 524 g/mol. The number of nitrogens with two attached hydrogens (primary N) is 1. The first kappa shape index (κ1) is 27.1. The van der Waals surface area contributed by atoms with E-state index in [-0.39, 0.29) is 6.61 Å². The van der Waals surface area contributed by atoms with Crippen molar-refractivity contribution in [1.82, 2.24) is 4.57 Å². The van der Waals surface area contributed by atoms with Gasteiger partial charge in [0.15, 0.2) is 11.5 Å². The van der Waals surface area contributed by atoms with Crippen LogP contribution in [0.1, 0.15) is 45.6 Å². The third-order valence-electron chi connectivity index (χ3n) is 5.16. The Kier molecular flexibility index (Phi) is 9.27. The highest BCUT2D eigenvalue weighted by atomic mass is 35.5. The zero-order chi connectivity index (χ0) is 25.6. The van der Waals surface area contributed by atoms with Gasteiger partial charge < -0.3 is 19.9 Å². The number of fused-ring (bicyclic) bond motifs is 1. The van der Waals surface area contributed by atoms with Crippen molar-refractivity contribution in [2.75, 3.05) is 19.8 Å². The first-order chi connectivity index (χ1) is 16.6. The number of benzene rings is 2. The zero-order valence-corrected chi connectivity index (χ0v) is 21.7. The maximum Gasteiger partial charge on any atom is 0.419 e. The van der Waals surface area contributed by atoms with Crippen molar-refractivity contribution < 1.29 is 23.4 Å². The van der Waals surface area contributed by atoms with E-state index >= 15 is 0 Å². The van der Waals surface area contributed by atoms with Gasteiger partial charge in [0.25, 0.3) is 0 Å². The van der Waals surface area contributed by atoms with Gasteiger partial charge in [-0.2, -0.15) is 0 Å². The molecule has 0 amide bonds. The minimum absolute atomic E-state index is 0.242. The molecule has 2 aromatic carbocycles. The molecule has 0 unspecified atom stereocenters. The summed E-state index contributed by atoms with van der Waals surface area (Å²) in [7, 11) is 0. The Labute approximate surface area is 215 Å². The Hall–Kier alpha value is -2.48. The van der Waals surface area contributed by atoms with Crippen LogP contribution in [-0.2, 0) is 11.2 Å². The molecular weight excluding hydrogens is 494 g/mol. The number of aromatic nitrogens is 1. The molecule has 0 fully saturated rings. The molecule has 3 rings (SSSR count). The molecule has 9 heteroatoms. The standard InChI is InChI=1S/C26H31Cl2FN2O4/c1-26(2,3)35-25(32)31-16-17(19-13-18(29)7-8-22(19)31)9-12-34-24-15-21(28)20(27)14-23(24)33-11-6-4-5-10-30/h7-8,13-16H,4-6,9-12,30H2,1-3H3. The molecule has 35 heavy (non-hydrogen) atoms. The SMILES string of the molecule is CC(C)(C)OC(=O)n1cc(CCOc2cc(Cl)c(Cl)cc2OCCCCCN)c2cc(F)ccc21. The molecule has 0 spiro atoms. The quantitative estimate of drug-likeness (QED) is 0.289. The predicted molar refractivity (Wildman–Crippen MR) is 138 cm³/mol. The molecule has 0 bridgehead atoms. The molecular formula is C26H31Cl2FN2O4. The molecule has 6 nitrogen and oxygen atoms in total. The number of halogens is 3. The summed E-state index contributed by atoms with van der Waals surface area (Å²) in [6.07, 6.45) is 4.29. The van der Waals surface area contributed by atoms with Crippen LogP contribution < -0.4 is 15.2 Å². The van der Waals surface area contributed by atoms with E-state index in [1.165, 1.54) is 16.7 Å². The lowest BCUT2D eigenvalue weighted by atomic mass is 10.1. The van der Waals surface area contributed by atoms with E-state index < -0.39 is 17.5 Å². The second-order valence-corrected chi connectivity index (χ2v) is 9.99. The molecule has 0 saturated carbocycles. The highest BCUT2D eigenvalue weighted by Gasteiger charge is 2.21. The van der Waals surface area contributed by atoms with Crippen LogP contribution in [0.25, 0.3) is 10.9 Å². The van der Waals surface area contributed by atoms with Crippen LogP contribution >= 0.6 is 23.2 Å². The van der Waals surface area contributed by atoms with Crippen molar-refractivity contribution in [3.05, 3.63) is 58.0 Å². The molecule has 0 aliphatic carbocycles. The van der Waals surface area contributed by atoms with Crippen molar-refractivity contribution in [3.63, 3.8) is 0 Å². The lowest BCUT2D eigenvalue weighted by Crippen LogP contribution is -2.26. The summed E-state index contributed by atoms with van der Waals surface area (Å²) in [5.74, 6) is 0.561. The Morgan fingerprint density at radius 1 is 1.00 bits per heavy atom. The number of nitrogens with zero attached hydrogens (tertiary/aromatic N) is 1. The molecule has 0 saturated heterocycles. The number of carbonyl (C=O) groups is 1. The maximum atomic E-state index is 14.0. The normalized spacial score (nSPS) is 11.6. The van der Waals surface area contributed by atoms with Crippen LogP contribution in [0.3, 0.4) is 0 Å². The molecule has 0 radical (unpaired) electrons. The van der Waals surface area contributed by atoms with Gasteiger partial charge in [-0.05, 0) is 70.3 Å². The summed E-state index contributed by atoms with van der Waals surface area (Å²) in [5.41, 5.74) is 6.18. The van der Waals surface area contributed by atoms with E-state index in [1.54, 1.807) is 45.2 Å². The lowest BCUT2D eigenvalue weighted by Gasteiger charge is -2.19. The molecule has 1 heterocycles. The van der Waals surface area contributed by atoms with Gasteiger partial charge in [-0.3, -0.25) is 4.57 Å². The second-order valence-electron chi connectivity index (χ2n) is 9.18. The van der Waals surface area contributed by atoms with Crippen LogP contribution in [0, 0.1) is 5.82 Å². The zero-order valence-electron chi connectivity index (χ0n) is 20.2. The summed E-state index contributed by atoms with van der Waals surface area (Å²) in [6, 6.07) is 7.53. The van der Waals surface area contributed by atoms with Gasteiger partial charge in [0, 0.05) is 30.1 Å². The van der Waals surface area contributed by atoms with E-state index in [1.807, 2.05) is 0 Å². The summed E-state index contributed by atoms with van der Waals surface area (Å²) in [5, 5.41) is 1.33. The fourth-order valence-corrected chi connectivity index (χ4v) is 3.85. The predicted octanol–water partition coefficient (Wildman–Crippen LogP) is 7.00. The van der Waals surface area contributed by atoms with Crippen LogP contribution in [0.15, 0.2) is 36.5 Å². The van der Waals surface area contributed by atoms with Gasteiger partial charge in [0.1, 0.15) is 11.4 Å². The Morgan fingerprint density at radius 2 is 1.66 bits per heavy atom. The Balaban J connectivity index is 1.76. The fourth-order valence-electron chi connectivity index (χ4n) is 3.54. The first-order valence-corrected chi connectivity index (χ1v) is 12.3. The summed E-state index contributed by atoms with van der Waals surface area (Å²) in [4.78, 5) is 12.7. The largest absolute Gasteiger partial charge is 0.490 e. The van der Waals surface area contributed by atoms with Crippen LogP contribution in [-0.4, -0.2) is 36.0 Å². The minimum atomic E-state index is -0.661. The molecule has 0 aliphatic heterocycles. The van der Waals surface area contributed by atoms with Crippen LogP contribution in [0.5, 0.6) is 11.5 Å². The van der Waals surface area contributed by atoms with Crippen molar-refractivity contribution >= 4 is 40.2 Å². The maximum absolute atomic E-state index is 14.0. The molecule has 0 aliphatic rings. The second kappa shape index (κ2) is 12.0. The Bertz CT molecular complexity index is 1170. The van der Waals surface area contributed by atoms with E-state index in [4.69, 9.17) is 43.1 Å². The molecule has 190 valence electrons. The van der Waals surface area contributed by atoms with Gasteiger partial charge >= 0.3 is 6.09 Å². The van der Waals surface area contributed by atoms with Crippen LogP contribution in [0.4, 0.5) is 9.18 Å². The smallest absolute Gasteiger partial charge is 0.419 e. The number of hydrogen-bond donors (Lipinski definition) is 1. The van der Waals surface area contributed by atoms with Crippen molar-refractivity contribution in [2.45, 2.75) is 52.1 Å². The van der Waals surface area contributed by atoms with Gasteiger partial charge in [0.05, 0.1) is 28.8 Å². The number of rotatable bonds is 10. The molecule has 0 atom stereocenters. The fraction of sp³-hybridized carbons (Fsp3) is 0.423. The van der Waals surface area contributed by atoms with E-state index in [9.17, 15) is 9.18 Å².